The van der Waals surface area contributed by atoms with Gasteiger partial charge in [0, 0.05) is 6.42 Å². The standard InChI is InChI=1S/C67H119NO8/c1-3-5-7-9-11-13-15-17-18-19-20-21-22-23-24-25-26-27-28-29-30-31-32-33-34-35-36-37-38-39-40-41-42-43-44-45-47-49-51-53-55-57-63(71)68-60(59-75-67-66(74)65(73)64(72)62(58-69)76-67)61(70)56-54-52-50-48-46-16-14-12-10-8-6-4-2/h5,7,11,13,17-18,20-21,23-24,46,48,54,56,60-62,64-67,69-70,72-74H,3-4,6,8-10,12,14-16,19,22,25-45,47,49-53,55,57-59H2,1-2H3,(H,68,71)/b7-5-,13-11-,18-17-,21-20-,24-23-,48-46+,56-54+. The first-order chi connectivity index (χ1) is 37.3. The molecule has 7 unspecified atom stereocenters. The van der Waals surface area contributed by atoms with Crippen LogP contribution < -0.4 is 5.32 Å². The number of carbonyl (C=O) groups excluding carboxylic acids is 1. The normalized spacial score (nSPS) is 19.4. The van der Waals surface area contributed by atoms with Crippen molar-refractivity contribution in [3.05, 3.63) is 85.1 Å². The second-order valence-electron chi connectivity index (χ2n) is 21.8. The maximum absolute atomic E-state index is 13.0. The van der Waals surface area contributed by atoms with Crippen LogP contribution in [0.15, 0.2) is 85.1 Å². The molecule has 0 bridgehead atoms. The van der Waals surface area contributed by atoms with E-state index >= 15 is 0 Å². The van der Waals surface area contributed by atoms with Gasteiger partial charge in [0.05, 0.1) is 25.4 Å². The Morgan fingerprint density at radius 3 is 1.26 bits per heavy atom. The van der Waals surface area contributed by atoms with Crippen LogP contribution in [0, 0.1) is 0 Å². The zero-order chi connectivity index (χ0) is 55.0. The minimum absolute atomic E-state index is 0.185. The van der Waals surface area contributed by atoms with Gasteiger partial charge in [-0.05, 0) is 77.0 Å². The van der Waals surface area contributed by atoms with Crippen molar-refractivity contribution in [3.8, 4) is 0 Å². The molecular formula is C67H119NO8. The zero-order valence-electron chi connectivity index (χ0n) is 49.0. The summed E-state index contributed by atoms with van der Waals surface area (Å²) >= 11 is 0. The van der Waals surface area contributed by atoms with Gasteiger partial charge in [-0.15, -0.1) is 0 Å². The molecule has 1 amide bonds. The van der Waals surface area contributed by atoms with Crippen LogP contribution >= 0.6 is 0 Å². The van der Waals surface area contributed by atoms with Crippen LogP contribution in [0.1, 0.15) is 277 Å². The van der Waals surface area contributed by atoms with Crippen molar-refractivity contribution in [3.63, 3.8) is 0 Å². The molecule has 1 aliphatic rings. The number of ether oxygens (including phenoxy) is 2. The minimum Gasteiger partial charge on any atom is -0.394 e. The number of nitrogens with one attached hydrogen (secondary N) is 1. The van der Waals surface area contributed by atoms with E-state index in [9.17, 15) is 30.3 Å². The van der Waals surface area contributed by atoms with Crippen LogP contribution in [0.2, 0.25) is 0 Å². The fourth-order valence-electron chi connectivity index (χ4n) is 9.73. The fraction of sp³-hybridized carbons (Fsp3) is 0.776. The van der Waals surface area contributed by atoms with Crippen LogP contribution in [0.5, 0.6) is 0 Å². The number of unbranched alkanes of at least 4 members (excludes halogenated alkanes) is 32. The minimum atomic E-state index is -1.57. The van der Waals surface area contributed by atoms with E-state index in [2.05, 4.69) is 92.1 Å². The van der Waals surface area contributed by atoms with Gasteiger partial charge in [-0.2, -0.15) is 0 Å². The number of carbonyl (C=O) groups is 1. The predicted molar refractivity (Wildman–Crippen MR) is 322 cm³/mol. The monoisotopic (exact) mass is 1070 g/mol. The molecule has 1 aliphatic heterocycles. The lowest BCUT2D eigenvalue weighted by molar-refractivity contribution is -0.302. The Bertz CT molecular complexity index is 1470. The largest absolute Gasteiger partial charge is 0.394 e. The Morgan fingerprint density at radius 1 is 0.461 bits per heavy atom. The zero-order valence-corrected chi connectivity index (χ0v) is 49.0. The second kappa shape index (κ2) is 55.7. The van der Waals surface area contributed by atoms with Gasteiger partial charge in [0.1, 0.15) is 24.4 Å². The molecule has 1 fully saturated rings. The van der Waals surface area contributed by atoms with E-state index in [4.69, 9.17) is 9.47 Å². The van der Waals surface area contributed by atoms with Gasteiger partial charge < -0.3 is 40.3 Å². The van der Waals surface area contributed by atoms with E-state index in [1.807, 2.05) is 6.08 Å². The molecule has 0 saturated carbocycles. The Balaban J connectivity index is 2.02. The molecule has 9 heteroatoms. The van der Waals surface area contributed by atoms with Gasteiger partial charge >= 0.3 is 0 Å². The highest BCUT2D eigenvalue weighted by Crippen LogP contribution is 2.23. The molecule has 6 N–H and O–H groups in total. The fourth-order valence-corrected chi connectivity index (χ4v) is 9.73. The quantitative estimate of drug-likeness (QED) is 0.0261. The van der Waals surface area contributed by atoms with Crippen molar-refractivity contribution in [1.29, 1.82) is 0 Å². The van der Waals surface area contributed by atoms with Gasteiger partial charge in [0.25, 0.3) is 0 Å². The summed E-state index contributed by atoms with van der Waals surface area (Å²) in [6.45, 7) is 3.64. The molecule has 0 radical (unpaired) electrons. The molecule has 76 heavy (non-hydrogen) atoms. The lowest BCUT2D eigenvalue weighted by Gasteiger charge is -2.40. The highest BCUT2D eigenvalue weighted by atomic mass is 16.7. The van der Waals surface area contributed by atoms with E-state index in [1.54, 1.807) is 6.08 Å². The molecule has 9 nitrogen and oxygen atoms in total. The molecule has 440 valence electrons. The lowest BCUT2D eigenvalue weighted by Crippen LogP contribution is -2.60. The maximum Gasteiger partial charge on any atom is 0.220 e. The molecule has 0 aliphatic carbocycles. The summed E-state index contributed by atoms with van der Waals surface area (Å²) in [7, 11) is 0. The van der Waals surface area contributed by atoms with Crippen molar-refractivity contribution >= 4 is 5.91 Å². The van der Waals surface area contributed by atoms with Gasteiger partial charge in [-0.1, -0.05) is 279 Å². The van der Waals surface area contributed by atoms with Crippen molar-refractivity contribution in [2.45, 2.75) is 320 Å². The average molecular weight is 1070 g/mol. The van der Waals surface area contributed by atoms with E-state index in [-0.39, 0.29) is 12.5 Å². The summed E-state index contributed by atoms with van der Waals surface area (Å²) < 4.78 is 11.2. The molecule has 1 rings (SSSR count). The molecular weight excluding hydrogens is 947 g/mol. The van der Waals surface area contributed by atoms with Crippen molar-refractivity contribution in [2.24, 2.45) is 0 Å². The SMILES string of the molecule is CC/C=C\C/C=C\C/C=C\C/C=C\C/C=C\CCCCCCCCCCCCCCCCCCCCCCCCCCCC(=O)NC(COC1OC(CO)C(O)C(O)C1O)C(O)/C=C/CC/C=C/CCCCCCCC. The van der Waals surface area contributed by atoms with Gasteiger partial charge in [-0.3, -0.25) is 4.79 Å². The number of allylic oxidation sites excluding steroid dienone is 13. The Morgan fingerprint density at radius 2 is 0.829 bits per heavy atom. The third-order valence-electron chi connectivity index (χ3n) is 14.7. The number of rotatable bonds is 54. The first-order valence-corrected chi connectivity index (χ1v) is 31.8. The average Bonchev–Trinajstić information content (AvgIpc) is 3.42. The molecule has 0 aromatic rings. The van der Waals surface area contributed by atoms with E-state index < -0.39 is 49.5 Å². The Labute approximate surface area is 467 Å². The summed E-state index contributed by atoms with van der Waals surface area (Å²) in [4.78, 5) is 13.0. The van der Waals surface area contributed by atoms with Crippen LogP contribution in [-0.4, -0.2) is 87.5 Å². The first-order valence-electron chi connectivity index (χ1n) is 31.8. The smallest absolute Gasteiger partial charge is 0.220 e. The molecule has 1 heterocycles. The maximum atomic E-state index is 13.0. The summed E-state index contributed by atoms with van der Waals surface area (Å²) in [5.41, 5.74) is 0. The molecule has 0 aromatic heterocycles. The van der Waals surface area contributed by atoms with Gasteiger partial charge in [-0.25, -0.2) is 0 Å². The van der Waals surface area contributed by atoms with Crippen LogP contribution in [-0.2, 0) is 14.3 Å². The van der Waals surface area contributed by atoms with E-state index in [1.165, 1.54) is 186 Å². The van der Waals surface area contributed by atoms with Crippen molar-refractivity contribution < 1.29 is 39.8 Å². The van der Waals surface area contributed by atoms with Crippen LogP contribution in [0.3, 0.4) is 0 Å². The highest BCUT2D eigenvalue weighted by molar-refractivity contribution is 5.76. The second-order valence-corrected chi connectivity index (χ2v) is 21.8. The number of hydrogen-bond donors (Lipinski definition) is 6. The number of amides is 1. The summed E-state index contributed by atoms with van der Waals surface area (Å²) in [6.07, 6.45) is 72.7. The molecule has 0 spiro atoms. The van der Waals surface area contributed by atoms with Crippen molar-refractivity contribution in [1.82, 2.24) is 5.32 Å². The topological polar surface area (TPSA) is 149 Å². The molecule has 0 aromatic carbocycles. The van der Waals surface area contributed by atoms with Crippen molar-refractivity contribution in [2.75, 3.05) is 13.2 Å². The van der Waals surface area contributed by atoms with Gasteiger partial charge in [0.2, 0.25) is 5.91 Å². The molecule has 7 atom stereocenters. The van der Waals surface area contributed by atoms with Crippen LogP contribution in [0.4, 0.5) is 0 Å². The Kier molecular flexibility index (Phi) is 52.3. The van der Waals surface area contributed by atoms with E-state index in [0.717, 1.165) is 70.6 Å². The summed E-state index contributed by atoms with van der Waals surface area (Å²) in [5, 5.41) is 54.4. The Hall–Kier alpha value is -2.63. The number of aliphatic hydroxyl groups excluding tert-OH is 5. The third-order valence-corrected chi connectivity index (χ3v) is 14.7. The highest BCUT2D eigenvalue weighted by Gasteiger charge is 2.44. The first kappa shape index (κ1) is 71.4. The van der Waals surface area contributed by atoms with Gasteiger partial charge in [0.15, 0.2) is 6.29 Å². The number of aliphatic hydroxyl groups is 5. The summed E-state index contributed by atoms with van der Waals surface area (Å²) in [5.74, 6) is -0.185. The molecule has 1 saturated heterocycles. The number of hydrogen-bond acceptors (Lipinski definition) is 8. The third kappa shape index (κ3) is 44.2. The predicted octanol–water partition coefficient (Wildman–Crippen LogP) is 16.6. The van der Waals surface area contributed by atoms with E-state index in [0.29, 0.717) is 6.42 Å². The summed E-state index contributed by atoms with van der Waals surface area (Å²) in [6, 6.07) is -0.821. The van der Waals surface area contributed by atoms with Crippen LogP contribution in [0.25, 0.3) is 0 Å². The lowest BCUT2D eigenvalue weighted by atomic mass is 9.99.